The van der Waals surface area contributed by atoms with Crippen LogP contribution in [0.5, 0.6) is 0 Å². The molecule has 5 heteroatoms. The van der Waals surface area contributed by atoms with Crippen molar-refractivity contribution in [2.24, 2.45) is 0 Å². The zero-order valence-corrected chi connectivity index (χ0v) is 11.7. The van der Waals surface area contributed by atoms with Crippen molar-refractivity contribution in [2.45, 2.75) is 26.4 Å². The van der Waals surface area contributed by atoms with Crippen molar-refractivity contribution >= 4 is 23.2 Å². The number of hydrogen-bond donors (Lipinski definition) is 1. The lowest BCUT2D eigenvalue weighted by molar-refractivity contribution is 0.417. The van der Waals surface area contributed by atoms with E-state index in [4.69, 9.17) is 27.7 Å². The van der Waals surface area contributed by atoms with E-state index >= 15 is 0 Å². The van der Waals surface area contributed by atoms with Gasteiger partial charge in [-0.05, 0) is 18.2 Å². The van der Waals surface area contributed by atoms with Gasteiger partial charge in [0.25, 0.3) is 0 Å². The lowest BCUT2D eigenvalue weighted by Gasteiger charge is -2.03. The van der Waals surface area contributed by atoms with Gasteiger partial charge in [-0.25, -0.2) is 0 Å². The Morgan fingerprint density at radius 3 is 2.72 bits per heavy atom. The molecule has 3 nitrogen and oxygen atoms in total. The monoisotopic (exact) mass is 284 g/mol. The van der Waals surface area contributed by atoms with Crippen LogP contribution in [0.25, 0.3) is 11.3 Å². The summed E-state index contributed by atoms with van der Waals surface area (Å²) in [4.78, 5) is 0. The van der Waals surface area contributed by atoms with Crippen LogP contribution in [0.1, 0.15) is 19.5 Å². The van der Waals surface area contributed by atoms with Gasteiger partial charge in [0, 0.05) is 29.2 Å². The zero-order valence-electron chi connectivity index (χ0n) is 10.2. The van der Waals surface area contributed by atoms with Gasteiger partial charge < -0.3 is 9.84 Å². The molecule has 18 heavy (non-hydrogen) atoms. The van der Waals surface area contributed by atoms with Crippen LogP contribution in [-0.2, 0) is 6.54 Å². The third kappa shape index (κ3) is 3.25. The molecule has 0 fully saturated rings. The quantitative estimate of drug-likeness (QED) is 0.917. The van der Waals surface area contributed by atoms with Crippen LogP contribution < -0.4 is 5.32 Å². The van der Waals surface area contributed by atoms with E-state index in [9.17, 15) is 0 Å². The van der Waals surface area contributed by atoms with Gasteiger partial charge in [0.05, 0.1) is 10.7 Å². The topological polar surface area (TPSA) is 38.1 Å². The molecule has 1 heterocycles. The molecule has 1 aromatic carbocycles. The lowest BCUT2D eigenvalue weighted by atomic mass is 10.1. The molecule has 2 rings (SSSR count). The number of benzene rings is 1. The van der Waals surface area contributed by atoms with E-state index in [1.807, 2.05) is 12.1 Å². The summed E-state index contributed by atoms with van der Waals surface area (Å²) in [6.45, 7) is 4.83. The average molecular weight is 285 g/mol. The maximum Gasteiger partial charge on any atom is 0.168 e. The first-order chi connectivity index (χ1) is 8.56. The van der Waals surface area contributed by atoms with Gasteiger partial charge in [0.15, 0.2) is 5.76 Å². The lowest BCUT2D eigenvalue weighted by Crippen LogP contribution is -2.21. The second-order valence-corrected chi connectivity index (χ2v) is 5.19. The van der Waals surface area contributed by atoms with Gasteiger partial charge in [0.2, 0.25) is 0 Å². The largest absolute Gasteiger partial charge is 0.356 e. The van der Waals surface area contributed by atoms with Gasteiger partial charge in [-0.2, -0.15) is 0 Å². The summed E-state index contributed by atoms with van der Waals surface area (Å²) >= 11 is 12.0. The summed E-state index contributed by atoms with van der Waals surface area (Å²) in [7, 11) is 0. The number of nitrogens with zero attached hydrogens (tertiary/aromatic N) is 1. The predicted octanol–water partition coefficient (Wildman–Crippen LogP) is 4.15. The first kappa shape index (κ1) is 13.4. The molecule has 96 valence electrons. The van der Waals surface area contributed by atoms with E-state index in [-0.39, 0.29) is 0 Å². The highest BCUT2D eigenvalue weighted by atomic mass is 35.5. The average Bonchev–Trinajstić information content (AvgIpc) is 2.75. The van der Waals surface area contributed by atoms with E-state index in [1.54, 1.807) is 12.1 Å². The summed E-state index contributed by atoms with van der Waals surface area (Å²) in [5, 5.41) is 8.43. The minimum absolute atomic E-state index is 0.407. The van der Waals surface area contributed by atoms with Gasteiger partial charge in [-0.15, -0.1) is 0 Å². The third-order valence-corrected chi connectivity index (χ3v) is 2.99. The normalized spacial score (nSPS) is 11.2. The number of rotatable bonds is 4. The molecule has 0 bridgehead atoms. The Bertz CT molecular complexity index is 538. The van der Waals surface area contributed by atoms with Gasteiger partial charge >= 0.3 is 0 Å². The van der Waals surface area contributed by atoms with E-state index in [0.717, 1.165) is 11.3 Å². The molecule has 0 atom stereocenters. The van der Waals surface area contributed by atoms with Gasteiger partial charge in [-0.1, -0.05) is 42.2 Å². The second kappa shape index (κ2) is 5.74. The highest BCUT2D eigenvalue weighted by Gasteiger charge is 2.10. The van der Waals surface area contributed by atoms with Crippen molar-refractivity contribution in [1.82, 2.24) is 10.5 Å². The minimum Gasteiger partial charge on any atom is -0.356 e. The molecular weight excluding hydrogens is 271 g/mol. The Morgan fingerprint density at radius 1 is 1.28 bits per heavy atom. The molecule has 0 amide bonds. The Balaban J connectivity index is 2.18. The second-order valence-electron chi connectivity index (χ2n) is 4.34. The molecule has 0 aliphatic heterocycles. The van der Waals surface area contributed by atoms with Crippen LogP contribution in [0.2, 0.25) is 10.0 Å². The standard InChI is InChI=1S/C13H14Cl2N2O/c1-8(2)16-7-10-6-13(18-17-10)11-4-3-9(14)5-12(11)15/h3-6,8,16H,7H2,1-2H3. The Hall–Kier alpha value is -1.03. The Labute approximate surface area is 116 Å². The van der Waals surface area contributed by atoms with E-state index in [1.165, 1.54) is 0 Å². The fourth-order valence-corrected chi connectivity index (χ4v) is 2.02. The summed E-state index contributed by atoms with van der Waals surface area (Å²) in [5.41, 5.74) is 1.65. The Morgan fingerprint density at radius 2 is 2.06 bits per heavy atom. The molecule has 0 saturated carbocycles. The summed E-state index contributed by atoms with van der Waals surface area (Å²) < 4.78 is 5.29. The summed E-state index contributed by atoms with van der Waals surface area (Å²) in [5.74, 6) is 0.650. The van der Waals surface area contributed by atoms with Crippen LogP contribution >= 0.6 is 23.2 Å². The SMILES string of the molecule is CC(C)NCc1cc(-c2ccc(Cl)cc2Cl)on1. The van der Waals surface area contributed by atoms with Gasteiger partial charge in [-0.3, -0.25) is 0 Å². The van der Waals surface area contributed by atoms with Crippen molar-refractivity contribution in [1.29, 1.82) is 0 Å². The molecule has 2 aromatic rings. The minimum atomic E-state index is 0.407. The highest BCUT2D eigenvalue weighted by molar-refractivity contribution is 6.36. The highest BCUT2D eigenvalue weighted by Crippen LogP contribution is 2.30. The third-order valence-electron chi connectivity index (χ3n) is 2.45. The van der Waals surface area contributed by atoms with Crippen molar-refractivity contribution in [3.8, 4) is 11.3 Å². The Kier molecular flexibility index (Phi) is 4.27. The molecule has 0 radical (unpaired) electrons. The van der Waals surface area contributed by atoms with Crippen molar-refractivity contribution in [3.05, 3.63) is 40.0 Å². The first-order valence-corrected chi connectivity index (χ1v) is 6.46. The number of nitrogens with one attached hydrogen (secondary N) is 1. The van der Waals surface area contributed by atoms with Crippen LogP contribution in [0.4, 0.5) is 0 Å². The smallest absolute Gasteiger partial charge is 0.168 e. The molecule has 0 aliphatic carbocycles. The van der Waals surface area contributed by atoms with E-state index in [0.29, 0.717) is 28.4 Å². The number of halogens is 2. The summed E-state index contributed by atoms with van der Waals surface area (Å²) in [6.07, 6.45) is 0. The van der Waals surface area contributed by atoms with Crippen LogP contribution in [0.15, 0.2) is 28.8 Å². The van der Waals surface area contributed by atoms with Crippen LogP contribution in [-0.4, -0.2) is 11.2 Å². The molecule has 0 unspecified atom stereocenters. The molecule has 1 N–H and O–H groups in total. The van der Waals surface area contributed by atoms with Crippen molar-refractivity contribution in [2.75, 3.05) is 0 Å². The molecule has 1 aromatic heterocycles. The predicted molar refractivity (Wildman–Crippen MR) is 73.9 cm³/mol. The van der Waals surface area contributed by atoms with Crippen LogP contribution in [0.3, 0.4) is 0 Å². The molecular formula is C13H14Cl2N2O. The first-order valence-electron chi connectivity index (χ1n) is 5.70. The molecule has 0 aliphatic rings. The van der Waals surface area contributed by atoms with Crippen molar-refractivity contribution in [3.63, 3.8) is 0 Å². The van der Waals surface area contributed by atoms with Crippen molar-refractivity contribution < 1.29 is 4.52 Å². The van der Waals surface area contributed by atoms with Crippen LogP contribution in [0, 0.1) is 0 Å². The molecule has 0 spiro atoms. The molecule has 0 saturated heterocycles. The fourth-order valence-electron chi connectivity index (χ4n) is 1.52. The van der Waals surface area contributed by atoms with E-state index < -0.39 is 0 Å². The zero-order chi connectivity index (χ0) is 13.1. The maximum absolute atomic E-state index is 6.11. The maximum atomic E-state index is 6.11. The number of aromatic nitrogens is 1. The van der Waals surface area contributed by atoms with Gasteiger partial charge in [0.1, 0.15) is 0 Å². The van der Waals surface area contributed by atoms with E-state index in [2.05, 4.69) is 24.3 Å². The number of hydrogen-bond acceptors (Lipinski definition) is 3. The fraction of sp³-hybridized carbons (Fsp3) is 0.308. The summed E-state index contributed by atoms with van der Waals surface area (Å²) in [6, 6.07) is 7.57.